The molecule has 0 radical (unpaired) electrons. The van der Waals surface area contributed by atoms with Crippen molar-refractivity contribution in [2.24, 2.45) is 23.0 Å². The molecule has 3 heteroatoms. The molecule has 0 bridgehead atoms. The van der Waals surface area contributed by atoms with Crippen LogP contribution in [0.5, 0.6) is 0 Å². The molecule has 0 aliphatic carbocycles. The van der Waals surface area contributed by atoms with Crippen LogP contribution in [0.15, 0.2) is 0 Å². The van der Waals surface area contributed by atoms with Crippen molar-refractivity contribution in [1.29, 1.82) is 0 Å². The van der Waals surface area contributed by atoms with Gasteiger partial charge < -0.3 is 10.6 Å². The second-order valence-corrected chi connectivity index (χ2v) is 6.53. The van der Waals surface area contributed by atoms with Gasteiger partial charge in [-0.25, -0.2) is 0 Å². The molecule has 1 saturated heterocycles. The summed E-state index contributed by atoms with van der Waals surface area (Å²) in [4.78, 5) is 14.2. The Kier molecular flexibility index (Phi) is 4.00. The second-order valence-electron chi connectivity index (χ2n) is 6.53. The molecular formula is C13H26N2O. The predicted octanol–water partition coefficient (Wildman–Crippen LogP) is 1.86. The normalized spacial score (nSPS) is 29.0. The first-order chi connectivity index (χ1) is 7.21. The van der Waals surface area contributed by atoms with Crippen molar-refractivity contribution in [3.05, 3.63) is 0 Å². The van der Waals surface area contributed by atoms with Gasteiger partial charge >= 0.3 is 0 Å². The van der Waals surface area contributed by atoms with E-state index in [2.05, 4.69) is 13.8 Å². The summed E-state index contributed by atoms with van der Waals surface area (Å²) in [6.45, 7) is 12.2. The topological polar surface area (TPSA) is 46.3 Å². The van der Waals surface area contributed by atoms with E-state index in [1.807, 2.05) is 25.7 Å². The highest BCUT2D eigenvalue weighted by Gasteiger charge is 2.33. The number of likely N-dealkylation sites (tertiary alicyclic amines) is 1. The standard InChI is InChI=1S/C13H26N2O/c1-9-6-10(2)8-15(7-9)12(16)11(14)13(3,4)5/h9-11H,6-8,14H2,1-5H3/t9?,10?,11-/m0/s1. The van der Waals surface area contributed by atoms with Gasteiger partial charge in [0.1, 0.15) is 0 Å². The SMILES string of the molecule is CC1CC(C)CN(C(=O)[C@H](N)C(C)(C)C)C1. The van der Waals surface area contributed by atoms with Gasteiger partial charge in [-0.05, 0) is 23.7 Å². The van der Waals surface area contributed by atoms with Crippen LogP contribution in [0.3, 0.4) is 0 Å². The highest BCUT2D eigenvalue weighted by Crippen LogP contribution is 2.24. The summed E-state index contributed by atoms with van der Waals surface area (Å²) in [6.07, 6.45) is 1.22. The number of hydrogen-bond donors (Lipinski definition) is 1. The van der Waals surface area contributed by atoms with Crippen LogP contribution >= 0.6 is 0 Å². The lowest BCUT2D eigenvalue weighted by Gasteiger charge is -2.38. The average Bonchev–Trinajstić information content (AvgIpc) is 2.12. The minimum atomic E-state index is -0.384. The van der Waals surface area contributed by atoms with E-state index in [-0.39, 0.29) is 17.4 Å². The molecule has 0 spiro atoms. The van der Waals surface area contributed by atoms with Gasteiger partial charge in [-0.15, -0.1) is 0 Å². The summed E-state index contributed by atoms with van der Waals surface area (Å²) in [5, 5.41) is 0. The molecular weight excluding hydrogens is 200 g/mol. The van der Waals surface area contributed by atoms with E-state index in [0.717, 1.165) is 13.1 Å². The average molecular weight is 226 g/mol. The first-order valence-electron chi connectivity index (χ1n) is 6.26. The summed E-state index contributed by atoms with van der Waals surface area (Å²) in [7, 11) is 0. The van der Waals surface area contributed by atoms with Crippen molar-refractivity contribution in [3.8, 4) is 0 Å². The van der Waals surface area contributed by atoms with E-state index >= 15 is 0 Å². The maximum Gasteiger partial charge on any atom is 0.240 e. The van der Waals surface area contributed by atoms with Crippen LogP contribution in [0, 0.1) is 17.3 Å². The number of rotatable bonds is 1. The van der Waals surface area contributed by atoms with Gasteiger partial charge in [0.25, 0.3) is 0 Å². The molecule has 1 rings (SSSR count). The zero-order valence-electron chi connectivity index (χ0n) is 11.3. The molecule has 1 amide bonds. The minimum absolute atomic E-state index is 0.117. The lowest BCUT2D eigenvalue weighted by Crippen LogP contribution is -2.53. The molecule has 2 N–H and O–H groups in total. The first kappa shape index (κ1) is 13.5. The van der Waals surface area contributed by atoms with Gasteiger partial charge in [0.05, 0.1) is 6.04 Å². The third-order valence-electron chi connectivity index (χ3n) is 3.38. The van der Waals surface area contributed by atoms with Gasteiger partial charge in [-0.2, -0.15) is 0 Å². The van der Waals surface area contributed by atoms with Crippen LogP contribution in [0.1, 0.15) is 41.0 Å². The predicted molar refractivity (Wildman–Crippen MR) is 67.0 cm³/mol. The Morgan fingerprint density at radius 2 is 1.69 bits per heavy atom. The van der Waals surface area contributed by atoms with Crippen molar-refractivity contribution in [1.82, 2.24) is 4.90 Å². The van der Waals surface area contributed by atoms with E-state index in [9.17, 15) is 4.79 Å². The highest BCUT2D eigenvalue weighted by molar-refractivity contribution is 5.82. The monoisotopic (exact) mass is 226 g/mol. The molecule has 1 aliphatic rings. The minimum Gasteiger partial charge on any atom is -0.341 e. The summed E-state index contributed by atoms with van der Waals surface area (Å²) in [6, 6.07) is -0.384. The Labute approximate surface area is 99.4 Å². The van der Waals surface area contributed by atoms with Gasteiger partial charge in [-0.3, -0.25) is 4.79 Å². The fourth-order valence-electron chi connectivity index (χ4n) is 2.41. The molecule has 1 fully saturated rings. The number of nitrogens with zero attached hydrogens (tertiary/aromatic N) is 1. The van der Waals surface area contributed by atoms with Crippen LogP contribution in [-0.2, 0) is 4.79 Å². The van der Waals surface area contributed by atoms with Crippen LogP contribution in [0.25, 0.3) is 0 Å². The molecule has 0 saturated carbocycles. The zero-order chi connectivity index (χ0) is 12.5. The molecule has 1 heterocycles. The molecule has 3 nitrogen and oxygen atoms in total. The Hall–Kier alpha value is -0.570. The lowest BCUT2D eigenvalue weighted by atomic mass is 9.85. The summed E-state index contributed by atoms with van der Waals surface area (Å²) in [5.41, 5.74) is 5.87. The van der Waals surface area contributed by atoms with Gasteiger partial charge in [0, 0.05) is 13.1 Å². The van der Waals surface area contributed by atoms with Crippen molar-refractivity contribution in [2.45, 2.75) is 47.1 Å². The smallest absolute Gasteiger partial charge is 0.240 e. The molecule has 16 heavy (non-hydrogen) atoms. The number of nitrogens with two attached hydrogens (primary N) is 1. The third-order valence-corrected chi connectivity index (χ3v) is 3.38. The molecule has 1 aliphatic heterocycles. The van der Waals surface area contributed by atoms with Gasteiger partial charge in [-0.1, -0.05) is 34.6 Å². The Bertz CT molecular complexity index is 247. The van der Waals surface area contributed by atoms with Crippen LogP contribution in [0.2, 0.25) is 0 Å². The second kappa shape index (κ2) is 4.74. The molecule has 2 unspecified atom stereocenters. The maximum atomic E-state index is 12.2. The molecule has 0 aromatic heterocycles. The van der Waals surface area contributed by atoms with Crippen LogP contribution < -0.4 is 5.73 Å². The Balaban J connectivity index is 2.67. The molecule has 94 valence electrons. The van der Waals surface area contributed by atoms with Crippen molar-refractivity contribution in [3.63, 3.8) is 0 Å². The summed E-state index contributed by atoms with van der Waals surface area (Å²) in [5.74, 6) is 1.31. The maximum absolute atomic E-state index is 12.2. The van der Waals surface area contributed by atoms with Gasteiger partial charge in [0.2, 0.25) is 5.91 Å². The fourth-order valence-corrected chi connectivity index (χ4v) is 2.41. The zero-order valence-corrected chi connectivity index (χ0v) is 11.3. The molecule has 0 aromatic rings. The quantitative estimate of drug-likeness (QED) is 0.742. The highest BCUT2D eigenvalue weighted by atomic mass is 16.2. The Morgan fingerprint density at radius 1 is 1.25 bits per heavy atom. The summed E-state index contributed by atoms with van der Waals surface area (Å²) < 4.78 is 0. The van der Waals surface area contributed by atoms with Crippen LogP contribution in [-0.4, -0.2) is 29.9 Å². The van der Waals surface area contributed by atoms with E-state index < -0.39 is 0 Å². The number of carbonyl (C=O) groups excluding carboxylic acids is 1. The number of carbonyl (C=O) groups is 1. The Morgan fingerprint density at radius 3 is 2.06 bits per heavy atom. The summed E-state index contributed by atoms with van der Waals surface area (Å²) >= 11 is 0. The van der Waals surface area contributed by atoms with Crippen molar-refractivity contribution in [2.75, 3.05) is 13.1 Å². The number of hydrogen-bond acceptors (Lipinski definition) is 2. The lowest BCUT2D eigenvalue weighted by molar-refractivity contribution is -0.137. The largest absolute Gasteiger partial charge is 0.341 e. The molecule has 3 atom stereocenters. The number of piperidine rings is 1. The number of amides is 1. The molecule has 0 aromatic carbocycles. The first-order valence-corrected chi connectivity index (χ1v) is 6.26. The van der Waals surface area contributed by atoms with Crippen molar-refractivity contribution >= 4 is 5.91 Å². The van der Waals surface area contributed by atoms with Crippen LogP contribution in [0.4, 0.5) is 0 Å². The van der Waals surface area contributed by atoms with Gasteiger partial charge in [0.15, 0.2) is 0 Å². The van der Waals surface area contributed by atoms with E-state index in [4.69, 9.17) is 5.73 Å². The van der Waals surface area contributed by atoms with E-state index in [1.165, 1.54) is 6.42 Å². The third kappa shape index (κ3) is 3.21. The van der Waals surface area contributed by atoms with E-state index in [0.29, 0.717) is 11.8 Å². The van der Waals surface area contributed by atoms with E-state index in [1.54, 1.807) is 0 Å². The van der Waals surface area contributed by atoms with Crippen molar-refractivity contribution < 1.29 is 4.79 Å². The fraction of sp³-hybridized carbons (Fsp3) is 0.923.